The zero-order valence-corrected chi connectivity index (χ0v) is 14.7. The topological polar surface area (TPSA) is 41.9 Å². The van der Waals surface area contributed by atoms with Crippen molar-refractivity contribution >= 4 is 0 Å². The summed E-state index contributed by atoms with van der Waals surface area (Å²) in [6.45, 7) is 4.10. The summed E-state index contributed by atoms with van der Waals surface area (Å²) in [5.74, 6) is -0.752. The lowest BCUT2D eigenvalue weighted by Gasteiger charge is -2.20. The molecule has 2 aromatic carbocycles. The van der Waals surface area contributed by atoms with Crippen LogP contribution < -0.4 is 9.47 Å². The van der Waals surface area contributed by atoms with Gasteiger partial charge in [-0.3, -0.25) is 4.90 Å². The van der Waals surface area contributed by atoms with Crippen molar-refractivity contribution < 1.29 is 23.4 Å². The Kier molecular flexibility index (Phi) is 6.06. The van der Waals surface area contributed by atoms with E-state index in [1.54, 1.807) is 0 Å². The van der Waals surface area contributed by atoms with E-state index in [2.05, 4.69) is 4.90 Å². The molecule has 0 bridgehead atoms. The third-order valence-electron chi connectivity index (χ3n) is 4.36. The van der Waals surface area contributed by atoms with E-state index < -0.39 is 17.7 Å². The molecule has 3 rings (SSSR count). The quantitative estimate of drug-likeness (QED) is 0.821. The Morgan fingerprint density at radius 2 is 1.85 bits per heavy atom. The molecule has 2 atom stereocenters. The maximum atomic E-state index is 13.2. The van der Waals surface area contributed by atoms with E-state index in [1.807, 2.05) is 31.2 Å². The lowest BCUT2D eigenvalue weighted by molar-refractivity contribution is 0.0720. The number of hydrogen-bond acceptors (Lipinski definition) is 4. The number of likely N-dealkylation sites (tertiary alicyclic amines) is 1. The van der Waals surface area contributed by atoms with Gasteiger partial charge in [-0.1, -0.05) is 17.7 Å². The van der Waals surface area contributed by atoms with E-state index in [-0.39, 0.29) is 12.7 Å². The second kappa shape index (κ2) is 8.47. The van der Waals surface area contributed by atoms with E-state index in [9.17, 15) is 13.9 Å². The van der Waals surface area contributed by atoms with Gasteiger partial charge >= 0.3 is 0 Å². The van der Waals surface area contributed by atoms with Gasteiger partial charge in [0.05, 0.1) is 0 Å². The van der Waals surface area contributed by atoms with Crippen LogP contribution in [0.5, 0.6) is 11.5 Å². The molecule has 0 aliphatic carbocycles. The van der Waals surface area contributed by atoms with Gasteiger partial charge in [-0.25, -0.2) is 8.78 Å². The lowest BCUT2D eigenvalue weighted by Crippen LogP contribution is -2.35. The molecule has 0 aromatic heterocycles. The van der Waals surface area contributed by atoms with Crippen LogP contribution in [0.1, 0.15) is 12.0 Å². The van der Waals surface area contributed by atoms with E-state index in [0.717, 1.165) is 36.4 Å². The van der Waals surface area contributed by atoms with Crippen molar-refractivity contribution in [2.45, 2.75) is 25.6 Å². The molecular formula is C20H23F2NO3. The molecule has 2 aromatic rings. The SMILES string of the molecule is Cc1ccc(OCC(O)CN2CCC(Oc3ccc(F)c(F)c3)C2)cc1. The van der Waals surface area contributed by atoms with Crippen molar-refractivity contribution in [1.82, 2.24) is 4.90 Å². The second-order valence-corrected chi connectivity index (χ2v) is 6.64. The molecule has 1 aliphatic rings. The highest BCUT2D eigenvalue weighted by molar-refractivity contribution is 5.26. The normalized spacial score (nSPS) is 18.7. The number of β-amino-alcohol motifs (C(OH)–C–C–N with tert-alkyl or cyclic N) is 1. The first-order valence-electron chi connectivity index (χ1n) is 8.71. The number of aryl methyl sites for hydroxylation is 1. The van der Waals surface area contributed by atoms with Crippen molar-refractivity contribution in [3.05, 3.63) is 59.7 Å². The summed E-state index contributed by atoms with van der Waals surface area (Å²) >= 11 is 0. The molecule has 0 saturated carbocycles. The average Bonchev–Trinajstić information content (AvgIpc) is 3.04. The van der Waals surface area contributed by atoms with Gasteiger partial charge in [0.2, 0.25) is 0 Å². The smallest absolute Gasteiger partial charge is 0.162 e. The molecular weight excluding hydrogens is 340 g/mol. The van der Waals surface area contributed by atoms with Crippen LogP contribution in [0.3, 0.4) is 0 Å². The van der Waals surface area contributed by atoms with Crippen LogP contribution in [-0.4, -0.2) is 48.5 Å². The molecule has 26 heavy (non-hydrogen) atoms. The number of ether oxygens (including phenoxy) is 2. The Hall–Kier alpha value is -2.18. The fourth-order valence-corrected chi connectivity index (χ4v) is 2.98. The number of benzene rings is 2. The summed E-state index contributed by atoms with van der Waals surface area (Å²) in [7, 11) is 0. The van der Waals surface area contributed by atoms with E-state index in [4.69, 9.17) is 9.47 Å². The molecule has 1 aliphatic heterocycles. The fourth-order valence-electron chi connectivity index (χ4n) is 2.98. The molecule has 1 N–H and O–H groups in total. The fraction of sp³-hybridized carbons (Fsp3) is 0.400. The largest absolute Gasteiger partial charge is 0.491 e. The molecule has 140 valence electrons. The minimum atomic E-state index is -0.916. The second-order valence-electron chi connectivity index (χ2n) is 6.64. The summed E-state index contributed by atoms with van der Waals surface area (Å²) in [4.78, 5) is 2.08. The lowest BCUT2D eigenvalue weighted by atomic mass is 10.2. The van der Waals surface area contributed by atoms with Gasteiger partial charge in [-0.05, 0) is 37.6 Å². The van der Waals surface area contributed by atoms with Gasteiger partial charge in [0.1, 0.15) is 30.3 Å². The Balaban J connectivity index is 1.42. The number of rotatable bonds is 7. The zero-order valence-electron chi connectivity index (χ0n) is 14.7. The number of aliphatic hydroxyl groups excluding tert-OH is 1. The van der Waals surface area contributed by atoms with Gasteiger partial charge in [0.15, 0.2) is 11.6 Å². The van der Waals surface area contributed by atoms with Gasteiger partial charge in [-0.2, -0.15) is 0 Å². The summed E-state index contributed by atoms with van der Waals surface area (Å²) in [6, 6.07) is 11.2. The molecule has 1 saturated heterocycles. The van der Waals surface area contributed by atoms with Crippen LogP contribution in [0.15, 0.2) is 42.5 Å². The molecule has 0 radical (unpaired) electrons. The Labute approximate surface area is 152 Å². The summed E-state index contributed by atoms with van der Waals surface area (Å²) in [5, 5.41) is 10.2. The highest BCUT2D eigenvalue weighted by atomic mass is 19.2. The zero-order chi connectivity index (χ0) is 18.5. The van der Waals surface area contributed by atoms with Crippen molar-refractivity contribution in [3.8, 4) is 11.5 Å². The van der Waals surface area contributed by atoms with Gasteiger partial charge in [0.25, 0.3) is 0 Å². The monoisotopic (exact) mass is 363 g/mol. The summed E-state index contributed by atoms with van der Waals surface area (Å²) < 4.78 is 37.5. The molecule has 1 fully saturated rings. The number of nitrogens with zero attached hydrogens (tertiary/aromatic N) is 1. The number of hydrogen-bond donors (Lipinski definition) is 1. The van der Waals surface area contributed by atoms with Crippen molar-refractivity contribution in [3.63, 3.8) is 0 Å². The average molecular weight is 363 g/mol. The van der Waals surface area contributed by atoms with Gasteiger partial charge in [-0.15, -0.1) is 0 Å². The first kappa shape index (κ1) is 18.6. The standard InChI is InChI=1S/C20H23F2NO3/c1-14-2-4-16(5-3-14)25-13-15(24)11-23-9-8-18(12-23)26-17-6-7-19(21)20(22)10-17/h2-7,10,15,18,24H,8-9,11-13H2,1H3. The van der Waals surface area contributed by atoms with Gasteiger partial charge in [0, 0.05) is 25.7 Å². The molecule has 0 amide bonds. The molecule has 2 unspecified atom stereocenters. The van der Waals surface area contributed by atoms with Crippen molar-refractivity contribution in [2.24, 2.45) is 0 Å². The highest BCUT2D eigenvalue weighted by Gasteiger charge is 2.26. The van der Waals surface area contributed by atoms with Crippen LogP contribution in [0.4, 0.5) is 8.78 Å². The third kappa shape index (κ3) is 5.16. The molecule has 1 heterocycles. The maximum absolute atomic E-state index is 13.2. The van der Waals surface area contributed by atoms with Crippen molar-refractivity contribution in [2.75, 3.05) is 26.2 Å². The predicted molar refractivity (Wildman–Crippen MR) is 94.5 cm³/mol. The Bertz CT molecular complexity index is 723. The first-order valence-corrected chi connectivity index (χ1v) is 8.71. The maximum Gasteiger partial charge on any atom is 0.162 e. The molecule has 4 nitrogen and oxygen atoms in total. The minimum Gasteiger partial charge on any atom is -0.491 e. The van der Waals surface area contributed by atoms with Crippen LogP contribution in [0.25, 0.3) is 0 Å². The van der Waals surface area contributed by atoms with E-state index in [1.165, 1.54) is 6.07 Å². The molecule has 0 spiro atoms. The van der Waals surface area contributed by atoms with Crippen LogP contribution in [0.2, 0.25) is 0 Å². The first-order chi connectivity index (χ1) is 12.5. The van der Waals surface area contributed by atoms with Gasteiger partial charge < -0.3 is 14.6 Å². The number of halogens is 2. The third-order valence-corrected chi connectivity index (χ3v) is 4.36. The predicted octanol–water partition coefficient (Wildman–Crippen LogP) is 3.17. The van der Waals surface area contributed by atoms with Crippen LogP contribution in [0, 0.1) is 18.6 Å². The summed E-state index contributed by atoms with van der Waals surface area (Å²) in [6.07, 6.45) is 0.0493. The van der Waals surface area contributed by atoms with E-state index in [0.29, 0.717) is 18.8 Å². The minimum absolute atomic E-state index is 0.106. The molecule has 6 heteroatoms. The van der Waals surface area contributed by atoms with Crippen LogP contribution >= 0.6 is 0 Å². The Morgan fingerprint density at radius 3 is 2.58 bits per heavy atom. The van der Waals surface area contributed by atoms with Crippen LogP contribution in [-0.2, 0) is 0 Å². The summed E-state index contributed by atoms with van der Waals surface area (Å²) in [5.41, 5.74) is 1.15. The van der Waals surface area contributed by atoms with E-state index >= 15 is 0 Å². The highest BCUT2D eigenvalue weighted by Crippen LogP contribution is 2.21. The Morgan fingerprint density at radius 1 is 1.12 bits per heavy atom. The van der Waals surface area contributed by atoms with Crippen molar-refractivity contribution in [1.29, 1.82) is 0 Å². The number of aliphatic hydroxyl groups is 1.